The van der Waals surface area contributed by atoms with Crippen LogP contribution in [0.1, 0.15) is 6.42 Å². The molecule has 0 saturated carbocycles. The summed E-state index contributed by atoms with van der Waals surface area (Å²) < 4.78 is 0.860. The van der Waals surface area contributed by atoms with Crippen LogP contribution in [-0.4, -0.2) is 41.3 Å². The Morgan fingerprint density at radius 1 is 1.47 bits per heavy atom. The Kier molecular flexibility index (Phi) is 4.87. The van der Waals surface area contributed by atoms with Crippen molar-refractivity contribution in [2.45, 2.75) is 12.5 Å². The molecule has 0 bridgehead atoms. The molecule has 1 fully saturated rings. The second kappa shape index (κ2) is 6.43. The molecule has 102 valence electrons. The van der Waals surface area contributed by atoms with Crippen LogP contribution in [0.5, 0.6) is 0 Å². The van der Waals surface area contributed by atoms with Gasteiger partial charge in [0.1, 0.15) is 0 Å². The van der Waals surface area contributed by atoms with Crippen molar-refractivity contribution >= 4 is 45.2 Å². The molecule has 1 saturated heterocycles. The van der Waals surface area contributed by atoms with Crippen LogP contribution in [0.4, 0.5) is 5.69 Å². The van der Waals surface area contributed by atoms with Gasteiger partial charge in [0.2, 0.25) is 0 Å². The Balaban J connectivity index is 1.97. The predicted molar refractivity (Wildman–Crippen MR) is 81.3 cm³/mol. The zero-order chi connectivity index (χ0) is 13.8. The fraction of sp³-hybridized carbons (Fsp3) is 0.385. The quantitative estimate of drug-likeness (QED) is 0.839. The number of benzene rings is 1. The van der Waals surface area contributed by atoms with E-state index in [2.05, 4.69) is 21.2 Å². The van der Waals surface area contributed by atoms with Crippen LogP contribution in [0, 0.1) is 0 Å². The van der Waals surface area contributed by atoms with Gasteiger partial charge in [-0.15, -0.1) is 0 Å². The number of hydrogen-bond acceptors (Lipinski definition) is 3. The molecule has 19 heavy (non-hydrogen) atoms. The molecule has 1 atom stereocenters. The van der Waals surface area contributed by atoms with Crippen molar-refractivity contribution in [3.05, 3.63) is 28.7 Å². The van der Waals surface area contributed by atoms with E-state index in [9.17, 15) is 9.59 Å². The molecule has 0 radical (unpaired) electrons. The number of carbonyl (C=O) groups excluding carboxylic acids is 2. The number of carbonyl (C=O) groups is 2. The molecule has 1 aliphatic heterocycles. The van der Waals surface area contributed by atoms with Crippen LogP contribution >= 0.6 is 27.7 Å². The van der Waals surface area contributed by atoms with Crippen LogP contribution in [0.2, 0.25) is 0 Å². The van der Waals surface area contributed by atoms with Gasteiger partial charge in [-0.2, -0.15) is 11.8 Å². The van der Waals surface area contributed by atoms with E-state index in [-0.39, 0.29) is 6.04 Å². The number of thioether (sulfide) groups is 1. The van der Waals surface area contributed by atoms with Gasteiger partial charge in [-0.25, -0.2) is 0 Å². The maximum absolute atomic E-state index is 12.0. The molecule has 1 N–H and O–H groups in total. The van der Waals surface area contributed by atoms with Crippen LogP contribution in [0.25, 0.3) is 0 Å². The lowest BCUT2D eigenvalue weighted by Gasteiger charge is -2.22. The van der Waals surface area contributed by atoms with Gasteiger partial charge >= 0.3 is 11.8 Å². The first kappa shape index (κ1) is 14.4. The lowest BCUT2D eigenvalue weighted by molar-refractivity contribution is -0.143. The summed E-state index contributed by atoms with van der Waals surface area (Å²) in [7, 11) is 1.69. The van der Waals surface area contributed by atoms with Crippen molar-refractivity contribution in [3.63, 3.8) is 0 Å². The van der Waals surface area contributed by atoms with E-state index in [1.807, 2.05) is 23.9 Å². The Morgan fingerprint density at radius 3 is 2.89 bits per heavy atom. The minimum atomic E-state index is -0.586. The number of likely N-dealkylation sites (N-methyl/N-ethyl adjacent to an activating group) is 1. The van der Waals surface area contributed by atoms with E-state index >= 15 is 0 Å². The highest BCUT2D eigenvalue weighted by atomic mass is 79.9. The Bertz CT molecular complexity index is 489. The van der Waals surface area contributed by atoms with Crippen molar-refractivity contribution in [1.82, 2.24) is 4.90 Å². The number of halogens is 1. The second-order valence-corrected chi connectivity index (χ2v) is 6.46. The average molecular weight is 343 g/mol. The number of nitrogens with one attached hydrogen (secondary N) is 1. The summed E-state index contributed by atoms with van der Waals surface area (Å²) >= 11 is 5.14. The average Bonchev–Trinajstić information content (AvgIpc) is 2.90. The zero-order valence-electron chi connectivity index (χ0n) is 10.6. The number of hydrogen-bond donors (Lipinski definition) is 1. The van der Waals surface area contributed by atoms with E-state index in [1.54, 1.807) is 24.1 Å². The third-order valence-corrected chi connectivity index (χ3v) is 4.69. The summed E-state index contributed by atoms with van der Waals surface area (Å²) in [5, 5.41) is 2.62. The molecule has 1 heterocycles. The Labute approximate surface area is 125 Å². The molecule has 2 amide bonds. The number of amides is 2. The number of anilines is 1. The molecule has 0 unspecified atom stereocenters. The molecular weight excluding hydrogens is 328 g/mol. The summed E-state index contributed by atoms with van der Waals surface area (Å²) in [5.41, 5.74) is 0.613. The summed E-state index contributed by atoms with van der Waals surface area (Å²) in [4.78, 5) is 25.5. The molecule has 1 aromatic carbocycles. The maximum Gasteiger partial charge on any atom is 0.313 e. The van der Waals surface area contributed by atoms with E-state index in [1.165, 1.54) is 0 Å². The van der Waals surface area contributed by atoms with Crippen molar-refractivity contribution in [2.75, 3.05) is 23.9 Å². The molecule has 0 aromatic heterocycles. The van der Waals surface area contributed by atoms with Crippen molar-refractivity contribution in [3.8, 4) is 0 Å². The van der Waals surface area contributed by atoms with Gasteiger partial charge in [0.05, 0.1) is 0 Å². The highest BCUT2D eigenvalue weighted by Crippen LogP contribution is 2.21. The largest absolute Gasteiger partial charge is 0.334 e. The van der Waals surface area contributed by atoms with Gasteiger partial charge in [0, 0.05) is 29.0 Å². The van der Waals surface area contributed by atoms with Crippen molar-refractivity contribution in [2.24, 2.45) is 0 Å². The monoisotopic (exact) mass is 342 g/mol. The second-order valence-electron chi connectivity index (χ2n) is 4.40. The molecule has 2 rings (SSSR count). The van der Waals surface area contributed by atoms with Crippen LogP contribution in [0.15, 0.2) is 28.7 Å². The SMILES string of the molecule is CN(C(=O)C(=O)Nc1cccc(Br)c1)[C@H]1CCSC1. The van der Waals surface area contributed by atoms with E-state index in [0.717, 1.165) is 22.4 Å². The molecular formula is C13H15BrN2O2S. The zero-order valence-corrected chi connectivity index (χ0v) is 13.0. The van der Waals surface area contributed by atoms with Crippen molar-refractivity contribution in [1.29, 1.82) is 0 Å². The first-order valence-electron chi connectivity index (χ1n) is 5.99. The van der Waals surface area contributed by atoms with Gasteiger partial charge in [-0.1, -0.05) is 22.0 Å². The predicted octanol–water partition coefficient (Wildman–Crippen LogP) is 2.35. The summed E-state index contributed by atoms with van der Waals surface area (Å²) in [5.74, 6) is 0.895. The fourth-order valence-corrected chi connectivity index (χ4v) is 3.57. The molecule has 6 heteroatoms. The first-order chi connectivity index (χ1) is 9.08. The van der Waals surface area contributed by atoms with E-state index in [4.69, 9.17) is 0 Å². The van der Waals surface area contributed by atoms with Gasteiger partial charge in [0.15, 0.2) is 0 Å². The Morgan fingerprint density at radius 2 is 2.26 bits per heavy atom. The molecule has 0 spiro atoms. The molecule has 1 aliphatic rings. The highest BCUT2D eigenvalue weighted by Gasteiger charge is 2.27. The van der Waals surface area contributed by atoms with Gasteiger partial charge in [-0.3, -0.25) is 9.59 Å². The topological polar surface area (TPSA) is 49.4 Å². The first-order valence-corrected chi connectivity index (χ1v) is 7.94. The minimum absolute atomic E-state index is 0.172. The summed E-state index contributed by atoms with van der Waals surface area (Å²) in [6.45, 7) is 0. The third kappa shape index (κ3) is 3.73. The lowest BCUT2D eigenvalue weighted by atomic mass is 10.2. The number of rotatable bonds is 2. The minimum Gasteiger partial charge on any atom is -0.334 e. The fourth-order valence-electron chi connectivity index (χ4n) is 1.90. The third-order valence-electron chi connectivity index (χ3n) is 3.05. The molecule has 1 aromatic rings. The van der Waals surface area contributed by atoms with E-state index in [0.29, 0.717) is 5.69 Å². The smallest absolute Gasteiger partial charge is 0.313 e. The summed E-state index contributed by atoms with van der Waals surface area (Å²) in [6, 6.07) is 7.35. The molecule has 4 nitrogen and oxygen atoms in total. The van der Waals surface area contributed by atoms with Gasteiger partial charge in [0.25, 0.3) is 0 Å². The van der Waals surface area contributed by atoms with Gasteiger partial charge < -0.3 is 10.2 Å². The van der Waals surface area contributed by atoms with Crippen LogP contribution in [0.3, 0.4) is 0 Å². The lowest BCUT2D eigenvalue weighted by Crippen LogP contribution is -2.43. The Hall–Kier alpha value is -1.01. The standard InChI is InChI=1S/C13H15BrN2O2S/c1-16(11-5-6-19-8-11)13(18)12(17)15-10-4-2-3-9(14)7-10/h2-4,7,11H,5-6,8H2,1H3,(H,15,17)/t11-/m0/s1. The normalized spacial score (nSPS) is 18.1. The van der Waals surface area contributed by atoms with E-state index < -0.39 is 11.8 Å². The maximum atomic E-state index is 12.0. The summed E-state index contributed by atoms with van der Waals surface area (Å²) in [6.07, 6.45) is 0.955. The van der Waals surface area contributed by atoms with Gasteiger partial charge in [-0.05, 0) is 30.4 Å². The van der Waals surface area contributed by atoms with Crippen LogP contribution < -0.4 is 5.32 Å². The molecule has 0 aliphatic carbocycles. The van der Waals surface area contributed by atoms with Crippen molar-refractivity contribution < 1.29 is 9.59 Å². The number of nitrogens with zero attached hydrogens (tertiary/aromatic N) is 1. The van der Waals surface area contributed by atoms with Crippen LogP contribution in [-0.2, 0) is 9.59 Å². The highest BCUT2D eigenvalue weighted by molar-refractivity contribution is 9.10.